The summed E-state index contributed by atoms with van der Waals surface area (Å²) in [6.45, 7) is 0.678. The Morgan fingerprint density at radius 1 is 1.33 bits per heavy atom. The molecule has 0 heterocycles. The zero-order valence-corrected chi connectivity index (χ0v) is 9.76. The van der Waals surface area contributed by atoms with Crippen molar-refractivity contribution in [1.29, 1.82) is 0 Å². The molecule has 0 unspecified atom stereocenters. The fourth-order valence-electron chi connectivity index (χ4n) is 1.25. The van der Waals surface area contributed by atoms with Gasteiger partial charge in [0.05, 0.1) is 11.4 Å². The molecule has 0 bridgehead atoms. The van der Waals surface area contributed by atoms with E-state index >= 15 is 0 Å². The molecule has 0 aromatic heterocycles. The van der Waals surface area contributed by atoms with E-state index in [4.69, 9.17) is 11.5 Å². The molecule has 4 heteroatoms. The molecular formula is C11H17N3S. The molecule has 1 rings (SSSR count). The molecule has 0 saturated heterocycles. The van der Waals surface area contributed by atoms with Crippen molar-refractivity contribution in [2.24, 2.45) is 16.5 Å². The largest absolute Gasteiger partial charge is 0.386 e. The Morgan fingerprint density at radius 2 is 2.00 bits per heavy atom. The molecule has 0 aliphatic carbocycles. The molecule has 0 amide bonds. The van der Waals surface area contributed by atoms with Gasteiger partial charge in [-0.3, -0.25) is 0 Å². The Kier molecular flexibility index (Phi) is 5.21. The van der Waals surface area contributed by atoms with Crippen molar-refractivity contribution in [2.75, 3.05) is 18.6 Å². The Labute approximate surface area is 95.0 Å². The third-order valence-electron chi connectivity index (χ3n) is 1.93. The van der Waals surface area contributed by atoms with Crippen LogP contribution in [0, 0.1) is 0 Å². The van der Waals surface area contributed by atoms with E-state index in [1.807, 2.05) is 30.5 Å². The summed E-state index contributed by atoms with van der Waals surface area (Å²) in [5.41, 5.74) is 13.3. The number of thioether (sulfide) groups is 1. The predicted molar refractivity (Wildman–Crippen MR) is 68.9 cm³/mol. The van der Waals surface area contributed by atoms with Crippen LogP contribution in [0.5, 0.6) is 0 Å². The topological polar surface area (TPSA) is 64.4 Å². The van der Waals surface area contributed by atoms with Crippen molar-refractivity contribution in [2.45, 2.75) is 6.42 Å². The number of nitrogens with two attached hydrogens (primary N) is 2. The van der Waals surface area contributed by atoms with Gasteiger partial charge in [-0.05, 0) is 36.9 Å². The van der Waals surface area contributed by atoms with Crippen LogP contribution in [0.4, 0.5) is 5.69 Å². The summed E-state index contributed by atoms with van der Waals surface area (Å²) in [6.07, 6.45) is 2.91. The van der Waals surface area contributed by atoms with Gasteiger partial charge in [0.25, 0.3) is 0 Å². The van der Waals surface area contributed by atoms with E-state index in [0.29, 0.717) is 12.4 Å². The summed E-state index contributed by atoms with van der Waals surface area (Å²) < 4.78 is 0. The van der Waals surface area contributed by atoms with Crippen LogP contribution < -0.4 is 11.5 Å². The zero-order valence-electron chi connectivity index (χ0n) is 8.94. The van der Waals surface area contributed by atoms with E-state index < -0.39 is 0 Å². The van der Waals surface area contributed by atoms with Crippen molar-refractivity contribution in [3.05, 3.63) is 29.8 Å². The normalized spacial score (nSPS) is 11.7. The lowest BCUT2D eigenvalue weighted by molar-refractivity contribution is 0.969. The second kappa shape index (κ2) is 6.48. The van der Waals surface area contributed by atoms with Gasteiger partial charge in [-0.1, -0.05) is 12.1 Å². The third kappa shape index (κ3) is 4.36. The Balaban J connectivity index is 2.67. The first-order chi connectivity index (χ1) is 7.26. The number of hydrogen-bond acceptors (Lipinski definition) is 3. The number of hydrogen-bond donors (Lipinski definition) is 2. The molecule has 1 aromatic rings. The molecule has 15 heavy (non-hydrogen) atoms. The second-order valence-electron chi connectivity index (χ2n) is 3.24. The van der Waals surface area contributed by atoms with Crippen molar-refractivity contribution >= 4 is 23.3 Å². The van der Waals surface area contributed by atoms with E-state index in [0.717, 1.165) is 17.9 Å². The standard InChI is InChI=1S/C11H17N3S/c1-15-8-11(13)14-10-4-2-9(3-5-10)6-7-12/h2-5H,6-8,12H2,1H3,(H2,13,14). The molecule has 3 nitrogen and oxygen atoms in total. The predicted octanol–water partition coefficient (Wildman–Crippen LogP) is 1.54. The fourth-order valence-corrected chi connectivity index (χ4v) is 1.61. The molecule has 82 valence electrons. The van der Waals surface area contributed by atoms with Crippen molar-refractivity contribution < 1.29 is 0 Å². The first-order valence-corrected chi connectivity index (χ1v) is 6.26. The molecular weight excluding hydrogens is 206 g/mol. The number of nitrogens with zero attached hydrogens (tertiary/aromatic N) is 1. The Morgan fingerprint density at radius 3 is 2.53 bits per heavy atom. The van der Waals surface area contributed by atoms with Crippen molar-refractivity contribution in [1.82, 2.24) is 0 Å². The fraction of sp³-hybridized carbons (Fsp3) is 0.364. The van der Waals surface area contributed by atoms with Gasteiger partial charge in [0.1, 0.15) is 5.84 Å². The molecule has 0 aliphatic heterocycles. The smallest absolute Gasteiger partial charge is 0.110 e. The minimum absolute atomic E-state index is 0.661. The van der Waals surface area contributed by atoms with Crippen molar-refractivity contribution in [3.63, 3.8) is 0 Å². The van der Waals surface area contributed by atoms with Crippen LogP contribution in [0.15, 0.2) is 29.3 Å². The molecule has 0 saturated carbocycles. The highest BCUT2D eigenvalue weighted by Crippen LogP contribution is 2.13. The van der Waals surface area contributed by atoms with Gasteiger partial charge >= 0.3 is 0 Å². The van der Waals surface area contributed by atoms with Crippen LogP contribution in [0.25, 0.3) is 0 Å². The highest BCUT2D eigenvalue weighted by Gasteiger charge is 1.94. The van der Waals surface area contributed by atoms with E-state index in [9.17, 15) is 0 Å². The summed E-state index contributed by atoms with van der Waals surface area (Å²) in [7, 11) is 0. The summed E-state index contributed by atoms with van der Waals surface area (Å²) >= 11 is 1.67. The van der Waals surface area contributed by atoms with Gasteiger partial charge in [-0.25, -0.2) is 4.99 Å². The average Bonchev–Trinajstić information content (AvgIpc) is 2.22. The van der Waals surface area contributed by atoms with Gasteiger partial charge in [-0.2, -0.15) is 11.8 Å². The number of benzene rings is 1. The maximum atomic E-state index is 5.72. The summed E-state index contributed by atoms with van der Waals surface area (Å²) in [4.78, 5) is 4.29. The summed E-state index contributed by atoms with van der Waals surface area (Å²) in [6, 6.07) is 8.02. The maximum Gasteiger partial charge on any atom is 0.110 e. The number of aliphatic imine (C=N–C) groups is 1. The minimum Gasteiger partial charge on any atom is -0.386 e. The van der Waals surface area contributed by atoms with Crippen LogP contribution in [-0.4, -0.2) is 24.4 Å². The highest BCUT2D eigenvalue weighted by atomic mass is 32.2. The van der Waals surface area contributed by atoms with Crippen LogP contribution in [-0.2, 0) is 6.42 Å². The quantitative estimate of drug-likeness (QED) is 0.588. The monoisotopic (exact) mass is 223 g/mol. The first-order valence-electron chi connectivity index (χ1n) is 4.87. The molecule has 0 radical (unpaired) electrons. The highest BCUT2D eigenvalue weighted by molar-refractivity contribution is 7.99. The lowest BCUT2D eigenvalue weighted by Crippen LogP contribution is -2.13. The Hall–Kier alpha value is -1.00. The number of rotatable bonds is 5. The molecule has 1 aromatic carbocycles. The van der Waals surface area contributed by atoms with E-state index in [1.54, 1.807) is 11.8 Å². The van der Waals surface area contributed by atoms with Gasteiger partial charge in [-0.15, -0.1) is 0 Å². The molecule has 0 fully saturated rings. The molecule has 0 aliphatic rings. The lowest BCUT2D eigenvalue weighted by atomic mass is 10.1. The van der Waals surface area contributed by atoms with Gasteiger partial charge < -0.3 is 11.5 Å². The molecule has 0 spiro atoms. The summed E-state index contributed by atoms with van der Waals surface area (Å²) in [5, 5.41) is 0. The first kappa shape index (κ1) is 12.1. The lowest BCUT2D eigenvalue weighted by Gasteiger charge is -2.00. The SMILES string of the molecule is CSCC(N)=Nc1ccc(CCN)cc1. The Bertz CT molecular complexity index is 319. The van der Waals surface area contributed by atoms with Crippen LogP contribution >= 0.6 is 11.8 Å². The van der Waals surface area contributed by atoms with Crippen LogP contribution in [0.1, 0.15) is 5.56 Å². The van der Waals surface area contributed by atoms with Crippen LogP contribution in [0.2, 0.25) is 0 Å². The van der Waals surface area contributed by atoms with E-state index in [2.05, 4.69) is 4.99 Å². The zero-order chi connectivity index (χ0) is 11.1. The molecule has 0 atom stereocenters. The minimum atomic E-state index is 0.661. The average molecular weight is 223 g/mol. The van der Waals surface area contributed by atoms with Gasteiger partial charge in [0.15, 0.2) is 0 Å². The van der Waals surface area contributed by atoms with E-state index in [1.165, 1.54) is 5.56 Å². The van der Waals surface area contributed by atoms with Crippen molar-refractivity contribution in [3.8, 4) is 0 Å². The summed E-state index contributed by atoms with van der Waals surface area (Å²) in [5.74, 6) is 1.43. The third-order valence-corrected chi connectivity index (χ3v) is 2.52. The molecule has 4 N–H and O–H groups in total. The van der Waals surface area contributed by atoms with Crippen LogP contribution in [0.3, 0.4) is 0 Å². The number of amidine groups is 1. The van der Waals surface area contributed by atoms with Gasteiger partial charge in [0.2, 0.25) is 0 Å². The van der Waals surface area contributed by atoms with E-state index in [-0.39, 0.29) is 0 Å². The second-order valence-corrected chi connectivity index (χ2v) is 4.11. The van der Waals surface area contributed by atoms with Gasteiger partial charge in [0, 0.05) is 0 Å². The maximum absolute atomic E-state index is 5.72.